The van der Waals surface area contributed by atoms with Gasteiger partial charge in [-0.2, -0.15) is 21.6 Å². The van der Waals surface area contributed by atoms with E-state index in [2.05, 4.69) is 4.18 Å². The molecule has 0 unspecified atom stereocenters. The molecule has 0 saturated carbocycles. The van der Waals surface area contributed by atoms with Crippen LogP contribution in [-0.4, -0.2) is 19.0 Å². The van der Waals surface area contributed by atoms with Crippen LogP contribution in [0, 0.1) is 6.92 Å². The first-order valence-corrected chi connectivity index (χ1v) is 8.41. The third-order valence-corrected chi connectivity index (χ3v) is 4.61. The van der Waals surface area contributed by atoms with E-state index in [1.807, 2.05) is 0 Å². The number of rotatable bonds is 2. The minimum absolute atomic E-state index is 0.0544. The minimum atomic E-state index is -6.14. The fourth-order valence-electron chi connectivity index (χ4n) is 2.54. The van der Waals surface area contributed by atoms with Crippen LogP contribution in [0.25, 0.3) is 11.1 Å². The van der Waals surface area contributed by atoms with Gasteiger partial charge in [0.25, 0.3) is 0 Å². The predicted octanol–water partition coefficient (Wildman–Crippen LogP) is 4.22. The summed E-state index contributed by atoms with van der Waals surface area (Å²) in [4.78, 5) is 0. The number of alkyl halides is 3. The largest absolute Gasteiger partial charge is 0.534 e. The molecule has 0 aromatic heterocycles. The van der Waals surface area contributed by atoms with Crippen molar-refractivity contribution in [3.8, 4) is 28.4 Å². The maximum atomic E-state index is 12.7. The van der Waals surface area contributed by atoms with E-state index in [-0.39, 0.29) is 16.7 Å². The molecule has 0 saturated heterocycles. The van der Waals surface area contributed by atoms with E-state index in [4.69, 9.17) is 13.0 Å². The third kappa shape index (κ3) is 2.96. The summed E-state index contributed by atoms with van der Waals surface area (Å²) in [6, 6.07) is 5.16. The number of aryl methyl sites for hydroxylation is 1. The van der Waals surface area contributed by atoms with Crippen molar-refractivity contribution in [1.29, 1.82) is 0 Å². The van der Waals surface area contributed by atoms with Gasteiger partial charge in [0.1, 0.15) is 22.8 Å². The van der Waals surface area contributed by atoms with Gasteiger partial charge in [0, 0.05) is 25.9 Å². The van der Waals surface area contributed by atoms with Gasteiger partial charge >= 0.3 is 15.6 Å². The van der Waals surface area contributed by atoms with Gasteiger partial charge in [0.2, 0.25) is 0 Å². The summed E-state index contributed by atoms with van der Waals surface area (Å²) in [5, 5.41) is 10.4. The van der Waals surface area contributed by atoms with E-state index >= 15 is 0 Å². The van der Waals surface area contributed by atoms with Crippen LogP contribution in [0.4, 0.5) is 13.2 Å². The smallest absolute Gasteiger partial charge is 0.507 e. The zero-order chi connectivity index (χ0) is 24.5. The van der Waals surface area contributed by atoms with Gasteiger partial charge in [-0.1, -0.05) is 23.8 Å². The molecule has 9 heteroatoms. The molecule has 0 bridgehead atoms. The highest BCUT2D eigenvalue weighted by atomic mass is 32.2. The molecule has 0 radical (unpaired) electrons. The Morgan fingerprint density at radius 2 is 1.92 bits per heavy atom. The van der Waals surface area contributed by atoms with Crippen LogP contribution < -0.4 is 8.92 Å². The monoisotopic (exact) mass is 394 g/mol. The molecule has 0 atom stereocenters. The normalized spacial score (nSPS) is 20.0. The minimum Gasteiger partial charge on any atom is -0.507 e. The maximum absolute atomic E-state index is 12.7. The summed E-state index contributed by atoms with van der Waals surface area (Å²) >= 11 is 0. The number of fused-ring (bicyclic) bond motifs is 3. The SMILES string of the molecule is [2H]C([2H])([2H])C1(C([2H])([2H])[2H])Oc2cc(OS(=O)(=O)C(F)(F)F)cc(O)c2-c2cc(C)ccc21. The number of halogens is 3. The first-order chi connectivity index (χ1) is 14.3. The summed E-state index contributed by atoms with van der Waals surface area (Å²) in [5.41, 5.74) is -8.80. The van der Waals surface area contributed by atoms with Gasteiger partial charge < -0.3 is 14.0 Å². The molecule has 0 amide bonds. The van der Waals surface area contributed by atoms with Crippen LogP contribution in [0.15, 0.2) is 30.3 Å². The molecule has 3 rings (SSSR count). The highest BCUT2D eigenvalue weighted by Gasteiger charge is 2.49. The number of phenols is 1. The molecule has 26 heavy (non-hydrogen) atoms. The molecule has 140 valence electrons. The Hall–Kier alpha value is -2.42. The van der Waals surface area contributed by atoms with Gasteiger partial charge in [-0.3, -0.25) is 0 Å². The molecule has 1 N–H and O–H groups in total. The number of benzene rings is 2. The standard InChI is InChI=1S/C17H15F3O5S/c1-9-4-5-12-11(6-9)15-13(21)7-10(8-14(15)24-16(12,2)3)25-26(22,23)17(18,19)20/h4-8,21H,1-3H3/i2D3,3D3. The average Bonchev–Trinajstić information content (AvgIpc) is 2.56. The molecule has 2 aromatic carbocycles. The van der Waals surface area contributed by atoms with Crippen LogP contribution in [0.5, 0.6) is 17.2 Å². The third-order valence-electron chi connectivity index (χ3n) is 3.63. The number of aromatic hydroxyl groups is 1. The van der Waals surface area contributed by atoms with Crippen molar-refractivity contribution >= 4 is 10.1 Å². The molecule has 0 aliphatic carbocycles. The Morgan fingerprint density at radius 3 is 2.54 bits per heavy atom. The first kappa shape index (κ1) is 12.1. The number of hydrogen-bond donors (Lipinski definition) is 1. The summed E-state index contributed by atoms with van der Waals surface area (Å²) < 4.78 is 118. The van der Waals surface area contributed by atoms with E-state index in [0.29, 0.717) is 17.7 Å². The van der Waals surface area contributed by atoms with Crippen molar-refractivity contribution in [3.63, 3.8) is 0 Å². The summed E-state index contributed by atoms with van der Waals surface area (Å²) in [6.07, 6.45) is 0. The highest BCUT2D eigenvalue weighted by molar-refractivity contribution is 7.88. The van der Waals surface area contributed by atoms with E-state index in [1.54, 1.807) is 6.92 Å². The zero-order valence-corrected chi connectivity index (χ0v) is 13.8. The van der Waals surface area contributed by atoms with Crippen LogP contribution >= 0.6 is 0 Å². The van der Waals surface area contributed by atoms with Crippen molar-refractivity contribution in [2.75, 3.05) is 0 Å². The predicted molar refractivity (Wildman–Crippen MR) is 87.5 cm³/mol. The molecule has 5 nitrogen and oxygen atoms in total. The second-order valence-corrected chi connectivity index (χ2v) is 7.17. The summed E-state index contributed by atoms with van der Waals surface area (Å²) in [6.45, 7) is -5.03. The van der Waals surface area contributed by atoms with Crippen LogP contribution in [0.1, 0.15) is 33.1 Å². The number of phenolic OH excluding ortho intramolecular Hbond substituents is 1. The lowest BCUT2D eigenvalue weighted by Gasteiger charge is -2.35. The Labute approximate surface area is 156 Å². The van der Waals surface area contributed by atoms with Crippen molar-refractivity contribution in [1.82, 2.24) is 0 Å². The number of hydrogen-bond acceptors (Lipinski definition) is 5. The summed E-state index contributed by atoms with van der Waals surface area (Å²) in [5.74, 6) is -2.55. The van der Waals surface area contributed by atoms with Crippen molar-refractivity contribution in [2.24, 2.45) is 0 Å². The fraction of sp³-hybridized carbons (Fsp3) is 0.294. The van der Waals surface area contributed by atoms with E-state index in [0.717, 1.165) is 0 Å². The lowest BCUT2D eigenvalue weighted by Crippen LogP contribution is -2.30. The molecular formula is C17H15F3O5S. The quantitative estimate of drug-likeness (QED) is 0.610. The Bertz CT molecular complexity index is 1170. The van der Waals surface area contributed by atoms with E-state index < -0.39 is 52.2 Å². The topological polar surface area (TPSA) is 72.8 Å². The second-order valence-electron chi connectivity index (χ2n) is 5.63. The Kier molecular flexibility index (Phi) is 2.57. The van der Waals surface area contributed by atoms with Crippen LogP contribution in [0.2, 0.25) is 0 Å². The molecule has 0 spiro atoms. The molecule has 1 aliphatic heterocycles. The van der Waals surface area contributed by atoms with E-state index in [9.17, 15) is 26.7 Å². The van der Waals surface area contributed by atoms with E-state index in [1.165, 1.54) is 18.2 Å². The molecular weight excluding hydrogens is 373 g/mol. The molecule has 0 fully saturated rings. The summed E-state index contributed by atoms with van der Waals surface area (Å²) in [7, 11) is -6.14. The lowest BCUT2D eigenvalue weighted by molar-refractivity contribution is -0.0500. The van der Waals surface area contributed by atoms with Gasteiger partial charge in [0.05, 0.1) is 5.56 Å². The fourth-order valence-corrected chi connectivity index (χ4v) is 2.99. The van der Waals surface area contributed by atoms with Crippen LogP contribution in [0.3, 0.4) is 0 Å². The van der Waals surface area contributed by atoms with Crippen molar-refractivity contribution < 1.29 is 43.8 Å². The molecule has 1 aliphatic rings. The van der Waals surface area contributed by atoms with Gasteiger partial charge in [-0.25, -0.2) is 0 Å². The van der Waals surface area contributed by atoms with Gasteiger partial charge in [-0.05, 0) is 26.2 Å². The van der Waals surface area contributed by atoms with Crippen LogP contribution in [-0.2, 0) is 15.7 Å². The maximum Gasteiger partial charge on any atom is 0.534 e. The van der Waals surface area contributed by atoms with Crippen molar-refractivity contribution in [3.05, 3.63) is 41.5 Å². The average molecular weight is 394 g/mol. The second kappa shape index (κ2) is 5.54. The van der Waals surface area contributed by atoms with Crippen molar-refractivity contribution in [2.45, 2.75) is 31.7 Å². The highest BCUT2D eigenvalue weighted by Crippen LogP contribution is 2.51. The van der Waals surface area contributed by atoms with Gasteiger partial charge in [0.15, 0.2) is 0 Å². The number of ether oxygens (including phenoxy) is 1. The van der Waals surface area contributed by atoms with Gasteiger partial charge in [-0.15, -0.1) is 0 Å². The zero-order valence-electron chi connectivity index (χ0n) is 19.0. The first-order valence-electron chi connectivity index (χ1n) is 10.00. The Balaban J connectivity index is 2.34. The molecule has 1 heterocycles. The Morgan fingerprint density at radius 1 is 1.23 bits per heavy atom. The molecule has 2 aromatic rings. The lowest BCUT2D eigenvalue weighted by atomic mass is 9.85.